The van der Waals surface area contributed by atoms with Gasteiger partial charge in [-0.1, -0.05) is 6.92 Å². The maximum atomic E-state index is 12.0. The number of nitrogens with two attached hydrogens (primary N) is 1. The Kier molecular flexibility index (Phi) is 6.44. The van der Waals surface area contributed by atoms with Crippen molar-refractivity contribution in [1.29, 1.82) is 0 Å². The second-order valence-corrected chi connectivity index (χ2v) is 7.55. The summed E-state index contributed by atoms with van der Waals surface area (Å²) in [6.45, 7) is 2.92. The normalized spacial score (nSPS) is 13.4. The molecular weight excluding hydrogens is 290 g/mol. The summed E-state index contributed by atoms with van der Waals surface area (Å²) in [7, 11) is -0.486. The Bertz CT molecular complexity index is 559. The van der Waals surface area contributed by atoms with Gasteiger partial charge in [-0.2, -0.15) is 0 Å². The van der Waals surface area contributed by atoms with Crippen LogP contribution in [-0.2, 0) is 10.0 Å². The largest absolute Gasteiger partial charge is 0.397 e. The van der Waals surface area contributed by atoms with E-state index < -0.39 is 10.0 Å². The van der Waals surface area contributed by atoms with Gasteiger partial charge in [0, 0.05) is 27.2 Å². The van der Waals surface area contributed by atoms with Crippen LogP contribution >= 0.6 is 0 Å². The zero-order chi connectivity index (χ0) is 16.0. The summed E-state index contributed by atoms with van der Waals surface area (Å²) < 4.78 is 25.1. The van der Waals surface area contributed by atoms with Crippen LogP contribution in [0, 0.1) is 5.92 Å². The van der Waals surface area contributed by atoms with Crippen molar-refractivity contribution in [3.8, 4) is 0 Å². The van der Waals surface area contributed by atoms with Crippen molar-refractivity contribution in [3.05, 3.63) is 18.2 Å². The maximum absolute atomic E-state index is 12.0. The van der Waals surface area contributed by atoms with Crippen molar-refractivity contribution >= 4 is 21.4 Å². The number of benzene rings is 1. The Labute approximate surface area is 127 Å². The van der Waals surface area contributed by atoms with Crippen molar-refractivity contribution in [2.24, 2.45) is 5.92 Å². The quantitative estimate of drug-likeness (QED) is 0.497. The Morgan fingerprint density at radius 2 is 2.05 bits per heavy atom. The molecule has 0 heterocycles. The highest BCUT2D eigenvalue weighted by molar-refractivity contribution is 7.89. The molecule has 1 aromatic carbocycles. The smallest absolute Gasteiger partial charge is 0.242 e. The van der Waals surface area contributed by atoms with E-state index in [0.717, 1.165) is 29.4 Å². The van der Waals surface area contributed by atoms with Crippen LogP contribution in [0.25, 0.3) is 0 Å². The number of sulfonamides is 1. The number of anilines is 2. The molecule has 0 radical (unpaired) electrons. The van der Waals surface area contributed by atoms with Crippen LogP contribution in [0.5, 0.6) is 0 Å². The lowest BCUT2D eigenvalue weighted by atomic mass is 10.1. The summed E-state index contributed by atoms with van der Waals surface area (Å²) in [6.07, 6.45) is 1.84. The number of hydrogen-bond acceptors (Lipinski definition) is 5. The molecule has 4 N–H and O–H groups in total. The lowest BCUT2D eigenvalue weighted by Crippen LogP contribution is -2.22. The fraction of sp³-hybridized carbons (Fsp3) is 0.571. The minimum atomic E-state index is -3.46. The van der Waals surface area contributed by atoms with Gasteiger partial charge in [0.2, 0.25) is 10.0 Å². The molecule has 0 spiro atoms. The van der Waals surface area contributed by atoms with Crippen molar-refractivity contribution in [2.45, 2.75) is 24.7 Å². The summed E-state index contributed by atoms with van der Waals surface area (Å²) in [5.74, 6) is 0.289. The minimum absolute atomic E-state index is 0.185. The number of nitrogens with zero attached hydrogens (tertiary/aromatic N) is 1. The van der Waals surface area contributed by atoms with Crippen LogP contribution in [0.1, 0.15) is 19.8 Å². The number of aliphatic hydroxyl groups is 1. The fourth-order valence-electron chi connectivity index (χ4n) is 1.84. The van der Waals surface area contributed by atoms with E-state index in [-0.39, 0.29) is 17.4 Å². The SMILES string of the molecule is CC(CO)CCCNc1ccc(S(=O)(=O)N(C)C)cc1N. The predicted octanol–water partition coefficient (Wildman–Crippen LogP) is 1.34. The van der Waals surface area contributed by atoms with E-state index in [1.807, 2.05) is 6.92 Å². The van der Waals surface area contributed by atoms with Gasteiger partial charge in [0.25, 0.3) is 0 Å². The molecule has 21 heavy (non-hydrogen) atoms. The molecular formula is C14H25N3O3S. The molecule has 0 amide bonds. The summed E-state index contributed by atoms with van der Waals surface area (Å²) in [5.41, 5.74) is 7.04. The molecule has 0 aliphatic heterocycles. The second kappa shape index (κ2) is 7.63. The highest BCUT2D eigenvalue weighted by Crippen LogP contribution is 2.24. The van der Waals surface area contributed by atoms with E-state index in [0.29, 0.717) is 5.69 Å². The molecule has 0 fully saturated rings. The molecule has 1 aromatic rings. The zero-order valence-corrected chi connectivity index (χ0v) is 13.7. The van der Waals surface area contributed by atoms with Crippen LogP contribution in [0.2, 0.25) is 0 Å². The van der Waals surface area contributed by atoms with Gasteiger partial charge in [-0.15, -0.1) is 0 Å². The van der Waals surface area contributed by atoms with Gasteiger partial charge >= 0.3 is 0 Å². The topological polar surface area (TPSA) is 95.7 Å². The highest BCUT2D eigenvalue weighted by Gasteiger charge is 2.17. The Morgan fingerprint density at radius 3 is 2.57 bits per heavy atom. The predicted molar refractivity (Wildman–Crippen MR) is 85.7 cm³/mol. The van der Waals surface area contributed by atoms with Crippen LogP contribution in [0.15, 0.2) is 23.1 Å². The molecule has 120 valence electrons. The van der Waals surface area contributed by atoms with E-state index in [4.69, 9.17) is 10.8 Å². The molecule has 0 aromatic heterocycles. The Hall–Kier alpha value is -1.31. The molecule has 6 nitrogen and oxygen atoms in total. The van der Waals surface area contributed by atoms with E-state index in [1.165, 1.54) is 20.2 Å². The van der Waals surface area contributed by atoms with Gasteiger partial charge in [0.1, 0.15) is 0 Å². The minimum Gasteiger partial charge on any atom is -0.397 e. The number of rotatable bonds is 8. The van der Waals surface area contributed by atoms with Gasteiger partial charge in [0.15, 0.2) is 0 Å². The summed E-state index contributed by atoms with van der Waals surface area (Å²) in [5, 5.41) is 12.1. The standard InChI is InChI=1S/C14H25N3O3S/c1-11(10-18)5-4-8-16-14-7-6-12(9-13(14)15)21(19,20)17(2)3/h6-7,9,11,16,18H,4-5,8,10,15H2,1-3H3. The Balaban J connectivity index is 2.67. The first-order valence-corrected chi connectivity index (χ1v) is 8.39. The molecule has 0 aliphatic rings. The first-order chi connectivity index (χ1) is 9.78. The van der Waals surface area contributed by atoms with Crippen molar-refractivity contribution < 1.29 is 13.5 Å². The van der Waals surface area contributed by atoms with Crippen LogP contribution < -0.4 is 11.1 Å². The van der Waals surface area contributed by atoms with E-state index in [9.17, 15) is 8.42 Å². The third-order valence-electron chi connectivity index (χ3n) is 3.30. The molecule has 0 aliphatic carbocycles. The second-order valence-electron chi connectivity index (χ2n) is 5.39. The van der Waals surface area contributed by atoms with Crippen LogP contribution in [0.4, 0.5) is 11.4 Å². The third kappa shape index (κ3) is 4.87. The first kappa shape index (κ1) is 17.7. The summed E-state index contributed by atoms with van der Waals surface area (Å²) in [4.78, 5) is 0.185. The van der Waals surface area contributed by atoms with E-state index in [2.05, 4.69) is 5.32 Å². The lowest BCUT2D eigenvalue weighted by Gasteiger charge is -2.14. The first-order valence-electron chi connectivity index (χ1n) is 6.95. The fourth-order valence-corrected chi connectivity index (χ4v) is 2.78. The molecule has 0 bridgehead atoms. The van der Waals surface area contributed by atoms with Gasteiger partial charge in [-0.05, 0) is 37.0 Å². The van der Waals surface area contributed by atoms with Gasteiger partial charge in [-0.25, -0.2) is 12.7 Å². The summed E-state index contributed by atoms with van der Waals surface area (Å²) in [6, 6.07) is 4.69. The van der Waals surface area contributed by atoms with Gasteiger partial charge in [0.05, 0.1) is 16.3 Å². The molecule has 1 rings (SSSR count). The molecule has 7 heteroatoms. The monoisotopic (exact) mass is 315 g/mol. The van der Waals surface area contributed by atoms with Crippen LogP contribution in [-0.4, -0.2) is 45.1 Å². The summed E-state index contributed by atoms with van der Waals surface area (Å²) >= 11 is 0. The number of aliphatic hydroxyl groups excluding tert-OH is 1. The third-order valence-corrected chi connectivity index (χ3v) is 5.11. The van der Waals surface area contributed by atoms with Crippen molar-refractivity contribution in [3.63, 3.8) is 0 Å². The van der Waals surface area contributed by atoms with Gasteiger partial charge in [-0.3, -0.25) is 0 Å². The van der Waals surface area contributed by atoms with Crippen molar-refractivity contribution in [1.82, 2.24) is 4.31 Å². The average Bonchev–Trinajstić information content (AvgIpc) is 2.44. The molecule has 1 atom stereocenters. The zero-order valence-electron chi connectivity index (χ0n) is 12.8. The Morgan fingerprint density at radius 1 is 1.38 bits per heavy atom. The van der Waals surface area contributed by atoms with E-state index in [1.54, 1.807) is 12.1 Å². The number of hydrogen-bond donors (Lipinski definition) is 3. The van der Waals surface area contributed by atoms with Gasteiger partial charge < -0.3 is 16.2 Å². The van der Waals surface area contributed by atoms with Crippen LogP contribution in [0.3, 0.4) is 0 Å². The molecule has 1 unspecified atom stereocenters. The van der Waals surface area contributed by atoms with Crippen molar-refractivity contribution in [2.75, 3.05) is 38.3 Å². The maximum Gasteiger partial charge on any atom is 0.242 e. The number of nitrogen functional groups attached to an aromatic ring is 1. The molecule has 0 saturated carbocycles. The number of nitrogens with one attached hydrogen (secondary N) is 1. The average molecular weight is 315 g/mol. The highest BCUT2D eigenvalue weighted by atomic mass is 32.2. The lowest BCUT2D eigenvalue weighted by molar-refractivity contribution is 0.229. The van der Waals surface area contributed by atoms with E-state index >= 15 is 0 Å². The molecule has 0 saturated heterocycles.